The fourth-order valence-electron chi connectivity index (χ4n) is 4.51. The molecule has 2 aromatic carbocycles. The molecule has 1 fully saturated rings. The van der Waals surface area contributed by atoms with Gasteiger partial charge in [-0.05, 0) is 68.1 Å². The van der Waals surface area contributed by atoms with E-state index in [2.05, 4.69) is 5.32 Å². The van der Waals surface area contributed by atoms with Crippen LogP contribution in [-0.4, -0.2) is 57.1 Å². The number of hydrogen-bond donors (Lipinski definition) is 1. The molecule has 1 saturated carbocycles. The highest BCUT2D eigenvalue weighted by molar-refractivity contribution is 7.92. The second kappa shape index (κ2) is 12.9. The normalized spacial score (nSPS) is 14.7. The van der Waals surface area contributed by atoms with Gasteiger partial charge in [-0.1, -0.05) is 25.0 Å². The average Bonchev–Trinajstić information content (AvgIpc) is 3.38. The van der Waals surface area contributed by atoms with Gasteiger partial charge in [0.25, 0.3) is 0 Å². The van der Waals surface area contributed by atoms with Crippen molar-refractivity contribution in [3.05, 3.63) is 59.9 Å². The maximum absolute atomic E-state index is 13.4. The molecule has 10 heteroatoms. The van der Waals surface area contributed by atoms with E-state index in [-0.39, 0.29) is 49.6 Å². The van der Waals surface area contributed by atoms with E-state index in [0.717, 1.165) is 31.9 Å². The Morgan fingerprint density at radius 3 is 2.27 bits per heavy atom. The van der Waals surface area contributed by atoms with Gasteiger partial charge in [-0.25, -0.2) is 12.8 Å². The molecule has 37 heavy (non-hydrogen) atoms. The van der Waals surface area contributed by atoms with Crippen LogP contribution in [0.15, 0.2) is 48.5 Å². The third-order valence-electron chi connectivity index (χ3n) is 6.65. The third kappa shape index (κ3) is 8.18. The van der Waals surface area contributed by atoms with E-state index in [4.69, 9.17) is 4.74 Å². The smallest absolute Gasteiger partial charge is 0.242 e. The van der Waals surface area contributed by atoms with Crippen molar-refractivity contribution in [1.29, 1.82) is 0 Å². The van der Waals surface area contributed by atoms with Gasteiger partial charge in [-0.15, -0.1) is 0 Å². The van der Waals surface area contributed by atoms with Crippen LogP contribution in [0, 0.1) is 5.82 Å². The number of rotatable bonds is 12. The summed E-state index contributed by atoms with van der Waals surface area (Å²) in [5.74, 6) is -0.276. The van der Waals surface area contributed by atoms with Gasteiger partial charge in [0.1, 0.15) is 17.6 Å². The van der Waals surface area contributed by atoms with Crippen LogP contribution in [-0.2, 0) is 26.2 Å². The molecule has 1 atom stereocenters. The molecular formula is C27H36FN3O5S. The summed E-state index contributed by atoms with van der Waals surface area (Å²) in [4.78, 5) is 27.8. The summed E-state index contributed by atoms with van der Waals surface area (Å²) < 4.78 is 44.7. The monoisotopic (exact) mass is 533 g/mol. The molecule has 202 valence electrons. The first-order chi connectivity index (χ1) is 17.6. The molecule has 0 saturated heterocycles. The lowest BCUT2D eigenvalue weighted by molar-refractivity contribution is -0.141. The van der Waals surface area contributed by atoms with E-state index in [1.807, 2.05) is 0 Å². The Morgan fingerprint density at radius 2 is 1.70 bits per heavy atom. The van der Waals surface area contributed by atoms with Crippen LogP contribution in [0.2, 0.25) is 0 Å². The van der Waals surface area contributed by atoms with Crippen LogP contribution in [0.25, 0.3) is 0 Å². The minimum Gasteiger partial charge on any atom is -0.497 e. The zero-order valence-electron chi connectivity index (χ0n) is 21.7. The van der Waals surface area contributed by atoms with Crippen molar-refractivity contribution in [2.75, 3.05) is 24.2 Å². The predicted octanol–water partition coefficient (Wildman–Crippen LogP) is 3.86. The van der Waals surface area contributed by atoms with E-state index in [9.17, 15) is 22.4 Å². The highest BCUT2D eigenvalue weighted by atomic mass is 32.2. The zero-order valence-corrected chi connectivity index (χ0v) is 22.5. The standard InChI is InChI=1S/C27H36FN3O5S/c1-20(27(33)29-23-7-4-5-8-23)30(19-21-10-12-22(28)13-11-21)26(32)9-6-18-31(37(3,34)35)24-14-16-25(36-2)17-15-24/h10-17,20,23H,4-9,18-19H2,1-3H3,(H,29,33)/t20-/m1/s1. The summed E-state index contributed by atoms with van der Waals surface area (Å²) in [7, 11) is -2.05. The molecule has 2 aromatic rings. The van der Waals surface area contributed by atoms with Crippen LogP contribution < -0.4 is 14.4 Å². The zero-order chi connectivity index (χ0) is 27.0. The average molecular weight is 534 g/mol. The van der Waals surface area contributed by atoms with Crippen molar-refractivity contribution in [1.82, 2.24) is 10.2 Å². The molecule has 0 radical (unpaired) electrons. The number of nitrogens with one attached hydrogen (secondary N) is 1. The van der Waals surface area contributed by atoms with Gasteiger partial charge in [0.05, 0.1) is 19.1 Å². The van der Waals surface area contributed by atoms with Crippen molar-refractivity contribution in [3.63, 3.8) is 0 Å². The Balaban J connectivity index is 1.70. The van der Waals surface area contributed by atoms with Crippen LogP contribution in [0.3, 0.4) is 0 Å². The van der Waals surface area contributed by atoms with Gasteiger partial charge < -0.3 is 15.0 Å². The van der Waals surface area contributed by atoms with Gasteiger partial charge in [0.15, 0.2) is 0 Å². The molecule has 0 heterocycles. The first kappa shape index (κ1) is 28.4. The topological polar surface area (TPSA) is 96.0 Å². The fraction of sp³-hybridized carbons (Fsp3) is 0.481. The maximum Gasteiger partial charge on any atom is 0.242 e. The number of ether oxygens (including phenoxy) is 1. The number of anilines is 1. The lowest BCUT2D eigenvalue weighted by Crippen LogP contribution is -2.49. The molecule has 8 nitrogen and oxygen atoms in total. The molecule has 0 aromatic heterocycles. The van der Waals surface area contributed by atoms with Crippen LogP contribution in [0.4, 0.5) is 10.1 Å². The number of nitrogens with zero attached hydrogens (tertiary/aromatic N) is 2. The number of carbonyl (C=O) groups excluding carboxylic acids is 2. The molecule has 0 spiro atoms. The summed E-state index contributed by atoms with van der Waals surface area (Å²) in [6, 6.07) is 11.9. The summed E-state index contributed by atoms with van der Waals surface area (Å²) in [5, 5.41) is 3.04. The Morgan fingerprint density at radius 1 is 1.08 bits per heavy atom. The quantitative estimate of drug-likeness (QED) is 0.447. The largest absolute Gasteiger partial charge is 0.497 e. The molecule has 0 bridgehead atoms. The van der Waals surface area contributed by atoms with Crippen LogP contribution in [0.1, 0.15) is 51.0 Å². The fourth-order valence-corrected chi connectivity index (χ4v) is 5.48. The number of halogens is 1. The molecular weight excluding hydrogens is 497 g/mol. The Bertz CT molecular complexity index is 1150. The molecule has 1 aliphatic rings. The molecule has 1 aliphatic carbocycles. The van der Waals surface area contributed by atoms with E-state index >= 15 is 0 Å². The molecule has 0 unspecified atom stereocenters. The highest BCUT2D eigenvalue weighted by Gasteiger charge is 2.28. The SMILES string of the molecule is COc1ccc(N(CCCC(=O)N(Cc2ccc(F)cc2)[C@H](C)C(=O)NC2CCCC2)S(C)(=O)=O)cc1. The summed E-state index contributed by atoms with van der Waals surface area (Å²) in [5.41, 5.74) is 1.18. The van der Waals surface area contributed by atoms with Crippen molar-refractivity contribution in [2.24, 2.45) is 0 Å². The molecule has 0 aliphatic heterocycles. The Hall–Kier alpha value is -3.14. The van der Waals surface area contributed by atoms with Crippen LogP contribution >= 0.6 is 0 Å². The minimum atomic E-state index is -3.58. The minimum absolute atomic E-state index is 0.0460. The summed E-state index contributed by atoms with van der Waals surface area (Å²) in [6.07, 6.45) is 5.42. The number of benzene rings is 2. The summed E-state index contributed by atoms with van der Waals surface area (Å²) >= 11 is 0. The Kier molecular flexibility index (Phi) is 9.91. The third-order valence-corrected chi connectivity index (χ3v) is 7.84. The van der Waals surface area contributed by atoms with Crippen molar-refractivity contribution >= 4 is 27.5 Å². The van der Waals surface area contributed by atoms with Crippen molar-refractivity contribution in [2.45, 2.75) is 64.1 Å². The second-order valence-electron chi connectivity index (χ2n) is 9.45. The second-order valence-corrected chi connectivity index (χ2v) is 11.4. The van der Waals surface area contributed by atoms with Gasteiger partial charge in [-0.2, -0.15) is 0 Å². The van der Waals surface area contributed by atoms with E-state index in [1.165, 1.54) is 28.4 Å². The van der Waals surface area contributed by atoms with Crippen molar-refractivity contribution in [3.8, 4) is 5.75 Å². The Labute approximate surface area is 218 Å². The van der Waals surface area contributed by atoms with Gasteiger partial charge in [0.2, 0.25) is 21.8 Å². The van der Waals surface area contributed by atoms with E-state index in [0.29, 0.717) is 17.0 Å². The first-order valence-corrected chi connectivity index (χ1v) is 14.4. The van der Waals surface area contributed by atoms with E-state index < -0.39 is 16.1 Å². The predicted molar refractivity (Wildman–Crippen MR) is 141 cm³/mol. The summed E-state index contributed by atoms with van der Waals surface area (Å²) in [6.45, 7) is 1.93. The molecule has 3 rings (SSSR count). The number of amides is 2. The molecule has 1 N–H and O–H groups in total. The highest BCUT2D eigenvalue weighted by Crippen LogP contribution is 2.23. The molecule has 2 amide bonds. The van der Waals surface area contributed by atoms with Gasteiger partial charge >= 0.3 is 0 Å². The van der Waals surface area contributed by atoms with Gasteiger partial charge in [-0.3, -0.25) is 13.9 Å². The van der Waals surface area contributed by atoms with Crippen molar-refractivity contribution < 1.29 is 27.1 Å². The van der Waals surface area contributed by atoms with Crippen LogP contribution in [0.5, 0.6) is 5.75 Å². The number of carbonyl (C=O) groups is 2. The van der Waals surface area contributed by atoms with Gasteiger partial charge in [0, 0.05) is 25.6 Å². The van der Waals surface area contributed by atoms with E-state index in [1.54, 1.807) is 43.3 Å². The maximum atomic E-state index is 13.4. The lowest BCUT2D eigenvalue weighted by Gasteiger charge is -2.30. The number of methoxy groups -OCH3 is 1. The first-order valence-electron chi connectivity index (χ1n) is 12.5. The number of hydrogen-bond acceptors (Lipinski definition) is 5. The number of sulfonamides is 1. The lowest BCUT2D eigenvalue weighted by atomic mass is 10.1.